The summed E-state index contributed by atoms with van der Waals surface area (Å²) in [5.41, 5.74) is 2.59. The highest BCUT2D eigenvalue weighted by Gasteiger charge is 2.47. The quantitative estimate of drug-likeness (QED) is 0.361. The molecule has 2 N–H and O–H groups in total. The highest BCUT2D eigenvalue weighted by molar-refractivity contribution is 7.99. The minimum atomic E-state index is -5.05. The smallest absolute Gasteiger partial charge is 0.392 e. The number of aryl methyl sites for hydroxylation is 1. The molecule has 2 aromatic carbocycles. The van der Waals surface area contributed by atoms with E-state index in [2.05, 4.69) is 20.8 Å². The van der Waals surface area contributed by atoms with Crippen LogP contribution >= 0.6 is 11.8 Å². The fourth-order valence-corrected chi connectivity index (χ4v) is 6.26. The van der Waals surface area contributed by atoms with Gasteiger partial charge < -0.3 is 24.8 Å². The van der Waals surface area contributed by atoms with Crippen LogP contribution in [0.4, 0.5) is 18.9 Å². The predicted molar refractivity (Wildman–Crippen MR) is 148 cm³/mol. The van der Waals surface area contributed by atoms with Crippen molar-refractivity contribution in [2.45, 2.75) is 62.2 Å². The third kappa shape index (κ3) is 7.00. The minimum Gasteiger partial charge on any atom is -0.392 e. The van der Waals surface area contributed by atoms with E-state index in [1.165, 1.54) is 11.8 Å². The van der Waals surface area contributed by atoms with Gasteiger partial charge in [-0.3, -0.25) is 9.59 Å². The van der Waals surface area contributed by atoms with Crippen molar-refractivity contribution >= 4 is 29.3 Å². The van der Waals surface area contributed by atoms with Crippen LogP contribution < -0.4 is 5.32 Å². The Bertz CT molecular complexity index is 1440. The molecule has 0 radical (unpaired) electrons. The van der Waals surface area contributed by atoms with Crippen LogP contribution in [0.25, 0.3) is 0 Å². The topological polar surface area (TPSA) is 132 Å². The molecule has 3 heterocycles. The van der Waals surface area contributed by atoms with Crippen molar-refractivity contribution in [1.29, 1.82) is 0 Å². The number of likely N-dealkylation sites (tertiary alicyclic amines) is 1. The second-order valence-electron chi connectivity index (χ2n) is 10.5. The fourth-order valence-electron chi connectivity index (χ4n) is 5.24. The molecule has 0 bridgehead atoms. The molecule has 5 atom stereocenters. The van der Waals surface area contributed by atoms with E-state index in [9.17, 15) is 27.9 Å². The lowest BCUT2D eigenvalue weighted by molar-refractivity contribution is -0.268. The van der Waals surface area contributed by atoms with Gasteiger partial charge in [0.15, 0.2) is 6.29 Å². The summed E-state index contributed by atoms with van der Waals surface area (Å²) in [4.78, 5) is 25.4. The van der Waals surface area contributed by atoms with E-state index in [1.54, 1.807) is 36.0 Å². The predicted octanol–water partition coefficient (Wildman–Crippen LogP) is 3.78. The number of hydrogen-bond donors (Lipinski definition) is 2. The van der Waals surface area contributed by atoms with E-state index in [0.29, 0.717) is 33.5 Å². The van der Waals surface area contributed by atoms with Gasteiger partial charge in [0.2, 0.25) is 11.1 Å². The van der Waals surface area contributed by atoms with Crippen molar-refractivity contribution in [2.75, 3.05) is 17.6 Å². The molecular formula is C28H31F3N6O5S. The lowest BCUT2D eigenvalue weighted by atomic mass is 9.91. The van der Waals surface area contributed by atoms with Crippen LogP contribution in [-0.2, 0) is 32.7 Å². The monoisotopic (exact) mass is 620 g/mol. The summed E-state index contributed by atoms with van der Waals surface area (Å²) in [5, 5.41) is 24.3. The zero-order chi connectivity index (χ0) is 30.7. The molecule has 1 aromatic heterocycles. The highest BCUT2D eigenvalue weighted by atomic mass is 32.2. The number of amides is 2. The van der Waals surface area contributed by atoms with E-state index in [4.69, 9.17) is 9.47 Å². The first-order valence-corrected chi connectivity index (χ1v) is 14.7. The van der Waals surface area contributed by atoms with Crippen LogP contribution in [0.3, 0.4) is 0 Å². The largest absolute Gasteiger partial charge is 0.471 e. The number of ether oxygens (including phenoxy) is 2. The van der Waals surface area contributed by atoms with E-state index in [0.717, 1.165) is 11.1 Å². The maximum Gasteiger partial charge on any atom is 0.471 e. The number of tetrazole rings is 1. The number of thioether (sulfide) groups is 1. The number of anilines is 1. The molecule has 2 amide bonds. The molecule has 11 nitrogen and oxygen atoms in total. The Morgan fingerprint density at radius 2 is 1.91 bits per heavy atom. The Kier molecular flexibility index (Phi) is 9.34. The van der Waals surface area contributed by atoms with Crippen molar-refractivity contribution in [3.05, 3.63) is 65.2 Å². The van der Waals surface area contributed by atoms with Crippen molar-refractivity contribution in [1.82, 2.24) is 25.1 Å². The average molecular weight is 621 g/mol. The van der Waals surface area contributed by atoms with Gasteiger partial charge in [0.1, 0.15) is 6.04 Å². The first-order chi connectivity index (χ1) is 20.5. The summed E-state index contributed by atoms with van der Waals surface area (Å²) in [6.07, 6.45) is -6.14. The number of halogens is 3. The number of hydrogen-bond acceptors (Lipinski definition) is 9. The summed E-state index contributed by atoms with van der Waals surface area (Å²) in [7, 11) is 1.74. The normalized spacial score (nSPS) is 24.2. The molecule has 2 saturated heterocycles. The molecule has 230 valence electrons. The van der Waals surface area contributed by atoms with Crippen LogP contribution in [0.5, 0.6) is 0 Å². The number of nitrogens with zero attached hydrogens (tertiary/aromatic N) is 5. The van der Waals surface area contributed by atoms with E-state index in [1.807, 2.05) is 31.2 Å². The molecule has 3 aromatic rings. The number of aliphatic hydroxyl groups is 1. The van der Waals surface area contributed by atoms with Crippen LogP contribution in [0.1, 0.15) is 48.8 Å². The molecule has 0 spiro atoms. The SMILES string of the molecule is C[C@@H]1[C@H](CSc2nnnn2C)O[C@H](c2cccc(NC(=O)[C@@H]3CCCN3C(=O)C(F)(F)F)c2)O[C@@H]1c1ccc(CO)cc1. The zero-order valence-corrected chi connectivity index (χ0v) is 24.2. The zero-order valence-electron chi connectivity index (χ0n) is 23.4. The molecule has 2 aliphatic rings. The minimum absolute atomic E-state index is 0.0837. The van der Waals surface area contributed by atoms with Gasteiger partial charge in [0.05, 0.1) is 18.8 Å². The summed E-state index contributed by atoms with van der Waals surface area (Å²) < 4.78 is 53.6. The van der Waals surface area contributed by atoms with Gasteiger partial charge in [-0.1, -0.05) is 55.1 Å². The molecule has 0 unspecified atom stereocenters. The number of alkyl halides is 3. The first-order valence-electron chi connectivity index (χ1n) is 13.7. The Balaban J connectivity index is 1.35. The molecule has 15 heteroatoms. The number of rotatable bonds is 8. The van der Waals surface area contributed by atoms with Gasteiger partial charge in [-0.05, 0) is 46.5 Å². The molecule has 0 aliphatic carbocycles. The van der Waals surface area contributed by atoms with E-state index >= 15 is 0 Å². The van der Waals surface area contributed by atoms with Gasteiger partial charge in [-0.15, -0.1) is 5.10 Å². The molecule has 0 saturated carbocycles. The third-order valence-electron chi connectivity index (χ3n) is 7.57. The Labute approximate surface area is 249 Å². The van der Waals surface area contributed by atoms with E-state index in [-0.39, 0.29) is 37.7 Å². The molecule has 5 rings (SSSR count). The number of carbonyl (C=O) groups excluding carboxylic acids is 2. The van der Waals surface area contributed by atoms with Gasteiger partial charge in [-0.25, -0.2) is 4.68 Å². The van der Waals surface area contributed by atoms with Crippen LogP contribution in [0.15, 0.2) is 53.7 Å². The maximum absolute atomic E-state index is 13.1. The van der Waals surface area contributed by atoms with Crippen molar-refractivity contribution < 1.29 is 37.3 Å². The van der Waals surface area contributed by atoms with Crippen LogP contribution in [-0.4, -0.2) is 72.6 Å². The lowest BCUT2D eigenvalue weighted by Crippen LogP contribution is -2.48. The van der Waals surface area contributed by atoms with Crippen molar-refractivity contribution in [3.63, 3.8) is 0 Å². The second-order valence-corrected chi connectivity index (χ2v) is 11.5. The van der Waals surface area contributed by atoms with Crippen LogP contribution in [0.2, 0.25) is 0 Å². The highest BCUT2D eigenvalue weighted by Crippen LogP contribution is 2.43. The summed E-state index contributed by atoms with van der Waals surface area (Å²) >= 11 is 1.44. The molecule has 2 fully saturated rings. The van der Waals surface area contributed by atoms with E-state index < -0.39 is 30.3 Å². The van der Waals surface area contributed by atoms with Crippen molar-refractivity contribution in [2.24, 2.45) is 13.0 Å². The first kappa shape index (κ1) is 30.9. The summed E-state index contributed by atoms with van der Waals surface area (Å²) in [5.74, 6) is -2.29. The second kappa shape index (κ2) is 13.0. The number of benzene rings is 2. The summed E-state index contributed by atoms with van der Waals surface area (Å²) in [6.45, 7) is 1.80. The Morgan fingerprint density at radius 3 is 2.58 bits per heavy atom. The number of nitrogens with one attached hydrogen (secondary N) is 1. The van der Waals surface area contributed by atoms with Gasteiger partial charge >= 0.3 is 12.1 Å². The van der Waals surface area contributed by atoms with Gasteiger partial charge in [0.25, 0.3) is 0 Å². The maximum atomic E-state index is 13.1. The number of carbonyl (C=O) groups is 2. The third-order valence-corrected chi connectivity index (χ3v) is 8.67. The lowest BCUT2D eigenvalue weighted by Gasteiger charge is -2.41. The van der Waals surface area contributed by atoms with Gasteiger partial charge in [-0.2, -0.15) is 13.2 Å². The van der Waals surface area contributed by atoms with Crippen molar-refractivity contribution in [3.8, 4) is 0 Å². The standard InChI is InChI=1S/C28H31F3N6O5S/c1-16-22(15-43-27-33-34-35-36(27)2)41-25(42-23(16)18-10-8-17(14-38)9-11-18)19-5-3-6-20(13-19)32-24(39)21-7-4-12-37(21)26(40)28(29,30)31/h3,5-6,8-11,13,16,21-23,25,38H,4,7,12,14-15H2,1-2H3,(H,32,39)/t16-,21+,22+,23+,25+/m1/s1. The van der Waals surface area contributed by atoms with Gasteiger partial charge in [0, 0.05) is 36.5 Å². The summed E-state index contributed by atoms with van der Waals surface area (Å²) in [6, 6.07) is 13.0. The fraction of sp³-hybridized carbons (Fsp3) is 0.464. The number of aliphatic hydroxyl groups excluding tert-OH is 1. The molecular weight excluding hydrogens is 589 g/mol. The number of aromatic nitrogens is 4. The Morgan fingerprint density at radius 1 is 1.14 bits per heavy atom. The average Bonchev–Trinajstić information content (AvgIpc) is 3.65. The van der Waals surface area contributed by atoms with Crippen LogP contribution in [0, 0.1) is 5.92 Å². The molecule has 43 heavy (non-hydrogen) atoms. The molecule has 2 aliphatic heterocycles. The Hall–Kier alpha value is -3.53.